The van der Waals surface area contributed by atoms with Gasteiger partial charge in [0.15, 0.2) is 5.60 Å². The van der Waals surface area contributed by atoms with Crippen LogP contribution in [-0.2, 0) is 9.53 Å². The molecule has 1 aliphatic heterocycles. The minimum absolute atomic E-state index is 0. The van der Waals surface area contributed by atoms with Crippen molar-refractivity contribution >= 4 is 35.5 Å². The third kappa shape index (κ3) is 1.86. The first-order valence-corrected chi connectivity index (χ1v) is 4.11. The Hall–Kier alpha value is -0.350. The predicted molar refractivity (Wildman–Crippen MR) is 52.1 cm³/mol. The van der Waals surface area contributed by atoms with Gasteiger partial charge in [-0.05, 0) is 12.5 Å². The average Bonchev–Trinajstić information content (AvgIpc) is 2.81. The molecule has 2 unspecified atom stereocenters. The molecule has 0 aliphatic carbocycles. The largest absolute Gasteiger partial charge is 0.479 e. The normalized spacial score (nSPS) is 29.1. The second kappa shape index (κ2) is 4.03. The summed E-state index contributed by atoms with van der Waals surface area (Å²) >= 11 is 0. The van der Waals surface area contributed by atoms with Gasteiger partial charge in [0, 0.05) is 29.6 Å². The molecule has 3 nitrogen and oxygen atoms in total. The number of carboxylic acid groups (broad SMARTS) is 1. The van der Waals surface area contributed by atoms with E-state index in [-0.39, 0.29) is 35.7 Å². The molecular weight excluding hydrogens is 191 g/mol. The molecule has 0 saturated carbocycles. The van der Waals surface area contributed by atoms with Crippen molar-refractivity contribution in [1.29, 1.82) is 0 Å². The van der Waals surface area contributed by atoms with E-state index in [4.69, 9.17) is 9.84 Å². The third-order valence-electron chi connectivity index (χ3n) is 2.33. The van der Waals surface area contributed by atoms with Crippen LogP contribution in [0.5, 0.6) is 0 Å². The van der Waals surface area contributed by atoms with Gasteiger partial charge >= 0.3 is 5.97 Å². The molecule has 2 atom stereocenters. The quantitative estimate of drug-likeness (QED) is 0.578. The summed E-state index contributed by atoms with van der Waals surface area (Å²) in [6, 6.07) is 9.39. The molecular formula is C10H10NaO3. The summed E-state index contributed by atoms with van der Waals surface area (Å²) in [6.45, 7) is 1.59. The zero-order valence-electron chi connectivity index (χ0n) is 8.23. The fourth-order valence-electron chi connectivity index (χ4n) is 1.39. The summed E-state index contributed by atoms with van der Waals surface area (Å²) in [5.74, 6) is -0.902. The van der Waals surface area contributed by atoms with E-state index in [9.17, 15) is 4.79 Å². The van der Waals surface area contributed by atoms with Crippen LogP contribution in [-0.4, -0.2) is 46.2 Å². The first-order chi connectivity index (χ1) is 6.14. The predicted octanol–water partition coefficient (Wildman–Crippen LogP) is 1.22. The van der Waals surface area contributed by atoms with E-state index in [0.717, 1.165) is 5.56 Å². The van der Waals surface area contributed by atoms with Crippen LogP contribution in [0.15, 0.2) is 30.3 Å². The van der Waals surface area contributed by atoms with Crippen LogP contribution >= 0.6 is 0 Å². The molecule has 0 amide bonds. The molecule has 1 aromatic carbocycles. The number of epoxide rings is 1. The maximum absolute atomic E-state index is 10.7. The Morgan fingerprint density at radius 2 is 2.00 bits per heavy atom. The van der Waals surface area contributed by atoms with Gasteiger partial charge in [-0.2, -0.15) is 0 Å². The van der Waals surface area contributed by atoms with Crippen molar-refractivity contribution in [3.8, 4) is 0 Å². The second-order valence-corrected chi connectivity index (χ2v) is 3.32. The maximum atomic E-state index is 10.7. The minimum atomic E-state index is -1.01. The van der Waals surface area contributed by atoms with Gasteiger partial charge in [0.2, 0.25) is 0 Å². The van der Waals surface area contributed by atoms with E-state index in [0.29, 0.717) is 0 Å². The van der Waals surface area contributed by atoms with Gasteiger partial charge < -0.3 is 9.84 Å². The van der Waals surface area contributed by atoms with Gasteiger partial charge in [0.05, 0.1) is 0 Å². The molecule has 1 N–H and O–H groups in total. The fourth-order valence-corrected chi connectivity index (χ4v) is 1.39. The molecule has 69 valence electrons. The SMILES string of the molecule is CC1(C(=O)O)OC1c1ccccc1.[Na]. The van der Waals surface area contributed by atoms with Gasteiger partial charge in [-0.1, -0.05) is 30.3 Å². The molecule has 1 radical (unpaired) electrons. The number of hydrogen-bond donors (Lipinski definition) is 1. The Kier molecular flexibility index (Phi) is 3.37. The zero-order chi connectivity index (χ0) is 9.47. The number of ether oxygens (including phenoxy) is 1. The van der Waals surface area contributed by atoms with Gasteiger partial charge in [-0.25, -0.2) is 4.79 Å². The minimum Gasteiger partial charge on any atom is -0.479 e. The van der Waals surface area contributed by atoms with Gasteiger partial charge in [-0.15, -0.1) is 0 Å². The van der Waals surface area contributed by atoms with E-state index in [1.54, 1.807) is 6.92 Å². The number of aliphatic carboxylic acids is 1. The number of benzene rings is 1. The van der Waals surface area contributed by atoms with Gasteiger partial charge in [0.25, 0.3) is 0 Å². The molecule has 1 saturated heterocycles. The van der Waals surface area contributed by atoms with Crippen molar-refractivity contribution < 1.29 is 14.6 Å². The fraction of sp³-hybridized carbons (Fsp3) is 0.300. The maximum Gasteiger partial charge on any atom is 0.338 e. The Morgan fingerprint density at radius 3 is 2.43 bits per heavy atom. The molecule has 1 fully saturated rings. The summed E-state index contributed by atoms with van der Waals surface area (Å²) in [7, 11) is 0. The Bertz CT molecular complexity index is 338. The van der Waals surface area contributed by atoms with Crippen molar-refractivity contribution in [2.24, 2.45) is 0 Å². The van der Waals surface area contributed by atoms with E-state index in [1.165, 1.54) is 0 Å². The topological polar surface area (TPSA) is 49.8 Å². The number of carboxylic acids is 1. The number of hydrogen-bond acceptors (Lipinski definition) is 2. The van der Waals surface area contributed by atoms with Crippen molar-refractivity contribution in [3.05, 3.63) is 35.9 Å². The monoisotopic (exact) mass is 201 g/mol. The van der Waals surface area contributed by atoms with E-state index >= 15 is 0 Å². The Morgan fingerprint density at radius 1 is 1.43 bits per heavy atom. The molecule has 1 heterocycles. The summed E-state index contributed by atoms with van der Waals surface area (Å²) in [4.78, 5) is 10.7. The van der Waals surface area contributed by atoms with Crippen LogP contribution in [0.2, 0.25) is 0 Å². The van der Waals surface area contributed by atoms with E-state index < -0.39 is 11.6 Å². The first-order valence-electron chi connectivity index (χ1n) is 4.11. The first kappa shape index (κ1) is 11.7. The molecule has 2 rings (SSSR count). The van der Waals surface area contributed by atoms with Crippen LogP contribution in [0.25, 0.3) is 0 Å². The second-order valence-electron chi connectivity index (χ2n) is 3.32. The van der Waals surface area contributed by atoms with Crippen LogP contribution < -0.4 is 0 Å². The Labute approximate surface area is 104 Å². The summed E-state index contributed by atoms with van der Waals surface area (Å²) < 4.78 is 5.15. The van der Waals surface area contributed by atoms with Crippen LogP contribution in [0, 0.1) is 0 Å². The zero-order valence-corrected chi connectivity index (χ0v) is 10.2. The molecule has 4 heteroatoms. The summed E-state index contributed by atoms with van der Waals surface area (Å²) in [6.07, 6.45) is -0.286. The van der Waals surface area contributed by atoms with Crippen molar-refractivity contribution in [2.75, 3.05) is 0 Å². The molecule has 0 aromatic heterocycles. The molecule has 0 bridgehead atoms. The molecule has 1 aromatic rings. The van der Waals surface area contributed by atoms with Crippen molar-refractivity contribution in [3.63, 3.8) is 0 Å². The summed E-state index contributed by atoms with van der Waals surface area (Å²) in [5.41, 5.74) is -0.0890. The number of rotatable bonds is 2. The standard InChI is InChI=1S/C10H10O3.Na/c1-10(9(11)12)8(13-10)7-5-3-2-4-6-7;/h2-6,8H,1H3,(H,11,12);. The summed E-state index contributed by atoms with van der Waals surface area (Å²) in [5, 5.41) is 8.82. The Balaban J connectivity index is 0.000000980. The third-order valence-corrected chi connectivity index (χ3v) is 2.33. The van der Waals surface area contributed by atoms with E-state index in [2.05, 4.69) is 0 Å². The van der Waals surface area contributed by atoms with Crippen LogP contribution in [0.4, 0.5) is 0 Å². The van der Waals surface area contributed by atoms with Crippen molar-refractivity contribution in [1.82, 2.24) is 0 Å². The number of carbonyl (C=O) groups is 1. The van der Waals surface area contributed by atoms with E-state index in [1.807, 2.05) is 30.3 Å². The molecule has 0 spiro atoms. The molecule has 14 heavy (non-hydrogen) atoms. The van der Waals surface area contributed by atoms with Gasteiger partial charge in [0.1, 0.15) is 6.10 Å². The molecule has 1 aliphatic rings. The van der Waals surface area contributed by atoms with Crippen LogP contribution in [0.1, 0.15) is 18.6 Å². The van der Waals surface area contributed by atoms with Crippen molar-refractivity contribution in [2.45, 2.75) is 18.6 Å². The van der Waals surface area contributed by atoms with Gasteiger partial charge in [-0.3, -0.25) is 0 Å². The average molecular weight is 201 g/mol. The smallest absolute Gasteiger partial charge is 0.338 e. The van der Waals surface area contributed by atoms with Crippen LogP contribution in [0.3, 0.4) is 0 Å².